The van der Waals surface area contributed by atoms with Gasteiger partial charge in [-0.25, -0.2) is 0 Å². The number of hydrogen-bond acceptors (Lipinski definition) is 3. The van der Waals surface area contributed by atoms with Crippen LogP contribution in [-0.2, 0) is 0 Å². The molecule has 1 aliphatic carbocycles. The quantitative estimate of drug-likeness (QED) is 0.898. The zero-order valence-corrected chi connectivity index (χ0v) is 13.7. The van der Waals surface area contributed by atoms with E-state index in [1.54, 1.807) is 6.20 Å². The third-order valence-electron chi connectivity index (χ3n) is 5.62. The van der Waals surface area contributed by atoms with Crippen LogP contribution in [0.2, 0.25) is 0 Å². The van der Waals surface area contributed by atoms with Crippen molar-refractivity contribution in [2.24, 2.45) is 5.41 Å². The van der Waals surface area contributed by atoms with Crippen molar-refractivity contribution in [3.8, 4) is 0 Å². The van der Waals surface area contributed by atoms with Gasteiger partial charge in [-0.1, -0.05) is 19.3 Å². The van der Waals surface area contributed by atoms with Gasteiger partial charge in [-0.15, -0.1) is 0 Å². The monoisotopic (exact) mass is 304 g/mol. The maximum atomic E-state index is 12.0. The average Bonchev–Trinajstić information content (AvgIpc) is 2.96. The van der Waals surface area contributed by atoms with Crippen LogP contribution in [0.1, 0.15) is 61.0 Å². The lowest BCUT2D eigenvalue weighted by atomic mass is 9.68. The Bertz CT molecular complexity index is 495. The first-order valence-electron chi connectivity index (χ1n) is 8.69. The molecule has 1 aliphatic heterocycles. The van der Waals surface area contributed by atoms with Crippen LogP contribution in [0.5, 0.6) is 0 Å². The average molecular weight is 304 g/mol. The van der Waals surface area contributed by atoms with E-state index in [1.165, 1.54) is 58.0 Å². The molecule has 0 aromatic carbocycles. The molecule has 1 aromatic rings. The summed E-state index contributed by atoms with van der Waals surface area (Å²) in [7, 11) is 0. The Morgan fingerprint density at radius 3 is 2.64 bits per heavy atom. The molecule has 122 valence electrons. The summed E-state index contributed by atoms with van der Waals surface area (Å²) in [5, 5.41) is 9.70. The van der Waals surface area contributed by atoms with Crippen LogP contribution in [0, 0.1) is 12.3 Å². The Labute approximate surface area is 132 Å². The summed E-state index contributed by atoms with van der Waals surface area (Å²) < 4.78 is 0. The molecule has 1 saturated heterocycles. The molecule has 2 aliphatic rings. The lowest BCUT2D eigenvalue weighted by Gasteiger charge is -2.44. The fourth-order valence-electron chi connectivity index (χ4n) is 4.06. The van der Waals surface area contributed by atoms with Gasteiger partial charge < -0.3 is 10.2 Å². The normalized spacial score (nSPS) is 21.9. The number of nitrogens with one attached hydrogen (secondary N) is 2. The molecule has 22 heavy (non-hydrogen) atoms. The molecule has 1 spiro atoms. The maximum Gasteiger partial charge on any atom is 0.254 e. The number of carbonyl (C=O) groups excluding carboxylic acids is 1. The van der Waals surface area contributed by atoms with Gasteiger partial charge in [0.05, 0.1) is 11.8 Å². The molecule has 0 atom stereocenters. The molecule has 3 rings (SSSR count). The van der Waals surface area contributed by atoms with Gasteiger partial charge in [-0.3, -0.25) is 9.89 Å². The highest BCUT2D eigenvalue weighted by Crippen LogP contribution is 2.44. The predicted molar refractivity (Wildman–Crippen MR) is 86.8 cm³/mol. The first-order chi connectivity index (χ1) is 10.7. The highest BCUT2D eigenvalue weighted by atomic mass is 16.1. The number of likely N-dealkylation sites (tertiary alicyclic amines) is 1. The van der Waals surface area contributed by atoms with E-state index in [0.717, 1.165) is 18.8 Å². The topological polar surface area (TPSA) is 61.0 Å². The van der Waals surface area contributed by atoms with Crippen LogP contribution in [-0.4, -0.2) is 47.2 Å². The minimum absolute atomic E-state index is 0.0213. The molecule has 2 N–H and O–H groups in total. The standard InChI is InChI=1S/C17H28N4O/c1-14-15(13-19-20-14)16(22)18-9-12-21-10-7-17(8-11-21)5-3-2-4-6-17/h13H,2-12H2,1H3,(H,18,22)(H,19,20). The lowest BCUT2D eigenvalue weighted by molar-refractivity contribution is 0.0673. The van der Waals surface area contributed by atoms with Crippen molar-refractivity contribution >= 4 is 5.91 Å². The summed E-state index contributed by atoms with van der Waals surface area (Å²) in [4.78, 5) is 14.5. The first kappa shape index (κ1) is 15.5. The van der Waals surface area contributed by atoms with E-state index in [4.69, 9.17) is 0 Å². The molecule has 5 nitrogen and oxygen atoms in total. The third-order valence-corrected chi connectivity index (χ3v) is 5.62. The summed E-state index contributed by atoms with van der Waals surface area (Å²) in [6, 6.07) is 0. The second-order valence-electron chi connectivity index (χ2n) is 7.07. The molecule has 2 heterocycles. The molecular weight excluding hydrogens is 276 g/mol. The van der Waals surface area contributed by atoms with Crippen molar-refractivity contribution in [3.05, 3.63) is 17.5 Å². The van der Waals surface area contributed by atoms with Crippen molar-refractivity contribution in [3.63, 3.8) is 0 Å². The van der Waals surface area contributed by atoms with E-state index < -0.39 is 0 Å². The fraction of sp³-hybridized carbons (Fsp3) is 0.765. The van der Waals surface area contributed by atoms with Crippen molar-refractivity contribution in [1.29, 1.82) is 0 Å². The zero-order chi connectivity index (χ0) is 15.4. The number of aromatic nitrogens is 2. The molecule has 1 aromatic heterocycles. The largest absolute Gasteiger partial charge is 0.351 e. The highest BCUT2D eigenvalue weighted by Gasteiger charge is 2.35. The predicted octanol–water partition coefficient (Wildman–Crippen LogP) is 2.49. The van der Waals surface area contributed by atoms with Gasteiger partial charge in [-0.05, 0) is 51.1 Å². The second-order valence-corrected chi connectivity index (χ2v) is 7.07. The third kappa shape index (κ3) is 3.51. The summed E-state index contributed by atoms with van der Waals surface area (Å²) >= 11 is 0. The smallest absolute Gasteiger partial charge is 0.254 e. The van der Waals surface area contributed by atoms with Gasteiger partial charge in [-0.2, -0.15) is 5.10 Å². The van der Waals surface area contributed by atoms with Gasteiger partial charge in [0.2, 0.25) is 0 Å². The zero-order valence-electron chi connectivity index (χ0n) is 13.7. The van der Waals surface area contributed by atoms with Crippen molar-refractivity contribution in [1.82, 2.24) is 20.4 Å². The molecule has 1 amide bonds. The van der Waals surface area contributed by atoms with E-state index in [2.05, 4.69) is 20.4 Å². The summed E-state index contributed by atoms with van der Waals surface area (Å²) in [6.45, 7) is 5.94. The number of aromatic amines is 1. The SMILES string of the molecule is Cc1[nH]ncc1C(=O)NCCN1CCC2(CCCCC2)CC1. The summed E-state index contributed by atoms with van der Waals surface area (Å²) in [6.07, 6.45) is 11.5. The number of rotatable bonds is 4. The Kier molecular flexibility index (Phi) is 4.81. The van der Waals surface area contributed by atoms with E-state index in [-0.39, 0.29) is 5.91 Å². The Morgan fingerprint density at radius 1 is 1.27 bits per heavy atom. The van der Waals surface area contributed by atoms with Crippen molar-refractivity contribution < 1.29 is 4.79 Å². The van der Waals surface area contributed by atoms with Crippen molar-refractivity contribution in [2.75, 3.05) is 26.2 Å². The molecule has 5 heteroatoms. The van der Waals surface area contributed by atoms with E-state index >= 15 is 0 Å². The Hall–Kier alpha value is -1.36. The molecule has 2 fully saturated rings. The van der Waals surface area contributed by atoms with Crippen LogP contribution in [0.15, 0.2) is 6.20 Å². The number of H-pyrrole nitrogens is 1. The summed E-state index contributed by atoms with van der Waals surface area (Å²) in [5.74, 6) is -0.0213. The Morgan fingerprint density at radius 2 is 2.00 bits per heavy atom. The maximum absolute atomic E-state index is 12.0. The highest BCUT2D eigenvalue weighted by molar-refractivity contribution is 5.94. The van der Waals surface area contributed by atoms with Crippen LogP contribution < -0.4 is 5.32 Å². The first-order valence-corrected chi connectivity index (χ1v) is 8.69. The number of hydrogen-bond donors (Lipinski definition) is 2. The number of amides is 1. The van der Waals surface area contributed by atoms with E-state index in [1.807, 2.05) is 6.92 Å². The van der Waals surface area contributed by atoms with E-state index in [0.29, 0.717) is 11.0 Å². The van der Waals surface area contributed by atoms with Gasteiger partial charge in [0.15, 0.2) is 0 Å². The van der Waals surface area contributed by atoms with Gasteiger partial charge in [0, 0.05) is 18.8 Å². The van der Waals surface area contributed by atoms with Crippen molar-refractivity contribution in [2.45, 2.75) is 51.9 Å². The number of aryl methyl sites for hydroxylation is 1. The minimum atomic E-state index is -0.0213. The van der Waals surface area contributed by atoms with Gasteiger partial charge in [0.25, 0.3) is 5.91 Å². The van der Waals surface area contributed by atoms with Crippen LogP contribution in [0.3, 0.4) is 0 Å². The molecule has 0 radical (unpaired) electrons. The van der Waals surface area contributed by atoms with Crippen LogP contribution in [0.25, 0.3) is 0 Å². The molecule has 0 bridgehead atoms. The number of carbonyl (C=O) groups is 1. The molecular formula is C17H28N4O. The number of nitrogens with zero attached hydrogens (tertiary/aromatic N) is 2. The van der Waals surface area contributed by atoms with Crippen LogP contribution in [0.4, 0.5) is 0 Å². The lowest BCUT2D eigenvalue weighted by Crippen LogP contribution is -2.44. The van der Waals surface area contributed by atoms with Gasteiger partial charge in [0.1, 0.15) is 0 Å². The second kappa shape index (κ2) is 6.82. The Balaban J connectivity index is 1.38. The fourth-order valence-corrected chi connectivity index (χ4v) is 4.06. The molecule has 0 unspecified atom stereocenters. The van der Waals surface area contributed by atoms with Crippen LogP contribution >= 0.6 is 0 Å². The molecule has 1 saturated carbocycles. The minimum Gasteiger partial charge on any atom is -0.351 e. The van der Waals surface area contributed by atoms with E-state index in [9.17, 15) is 4.79 Å². The number of piperidine rings is 1. The summed E-state index contributed by atoms with van der Waals surface area (Å²) in [5.41, 5.74) is 2.14. The van der Waals surface area contributed by atoms with Gasteiger partial charge >= 0.3 is 0 Å².